The molecule has 11 heteroatoms. The predicted molar refractivity (Wildman–Crippen MR) is 176 cm³/mol. The molecule has 2 saturated heterocycles. The highest BCUT2D eigenvalue weighted by Gasteiger charge is 2.36. The number of hydrogen-bond acceptors (Lipinski definition) is 6. The molecule has 3 aromatic carbocycles. The Hall–Kier alpha value is -5.19. The maximum atomic E-state index is 14.6. The number of ether oxygens (including phenoxy) is 1. The third-order valence-corrected chi connectivity index (χ3v) is 9.49. The Bertz CT molecular complexity index is 1880. The summed E-state index contributed by atoms with van der Waals surface area (Å²) in [5, 5.41) is 2.73. The molecule has 242 valence electrons. The van der Waals surface area contributed by atoms with Gasteiger partial charge in [0, 0.05) is 69.1 Å². The van der Waals surface area contributed by atoms with E-state index in [1.807, 2.05) is 34.9 Å². The van der Waals surface area contributed by atoms with Crippen molar-refractivity contribution in [3.63, 3.8) is 0 Å². The van der Waals surface area contributed by atoms with E-state index in [1.54, 1.807) is 42.3 Å². The van der Waals surface area contributed by atoms with Crippen LogP contribution in [0.5, 0.6) is 5.75 Å². The van der Waals surface area contributed by atoms with Gasteiger partial charge >= 0.3 is 0 Å². The maximum Gasteiger partial charge on any atom is 0.261 e. The summed E-state index contributed by atoms with van der Waals surface area (Å²) >= 11 is 0. The van der Waals surface area contributed by atoms with Crippen molar-refractivity contribution in [3.8, 4) is 5.75 Å². The van der Waals surface area contributed by atoms with Crippen molar-refractivity contribution < 1.29 is 23.1 Å². The Morgan fingerprint density at radius 3 is 2.32 bits per heavy atom. The van der Waals surface area contributed by atoms with Crippen LogP contribution >= 0.6 is 0 Å². The molecule has 2 amide bonds. The van der Waals surface area contributed by atoms with E-state index in [4.69, 9.17) is 4.74 Å². The number of fused-ring (bicyclic) bond motifs is 4. The first-order valence-corrected chi connectivity index (χ1v) is 15.8. The topological polar surface area (TPSA) is 87.1 Å². The van der Waals surface area contributed by atoms with E-state index in [0.29, 0.717) is 62.8 Å². The molecule has 0 aliphatic carbocycles. The number of anilines is 3. The van der Waals surface area contributed by atoms with Gasteiger partial charge in [-0.1, -0.05) is 24.3 Å². The molecule has 2 atom stereocenters. The van der Waals surface area contributed by atoms with Crippen LogP contribution in [0.25, 0.3) is 0 Å². The normalized spacial score (nSPS) is 18.8. The molecule has 4 heterocycles. The maximum absolute atomic E-state index is 14.6. The average molecular weight is 640 g/mol. The van der Waals surface area contributed by atoms with Gasteiger partial charge in [0.1, 0.15) is 22.9 Å². The van der Waals surface area contributed by atoms with Gasteiger partial charge in [0.05, 0.1) is 24.2 Å². The lowest BCUT2D eigenvalue weighted by Gasteiger charge is -2.44. The zero-order valence-electron chi connectivity index (χ0n) is 26.0. The van der Waals surface area contributed by atoms with Crippen LogP contribution in [-0.2, 0) is 6.54 Å². The van der Waals surface area contributed by atoms with Gasteiger partial charge in [-0.2, -0.15) is 0 Å². The van der Waals surface area contributed by atoms with Crippen molar-refractivity contribution in [2.75, 3.05) is 61.5 Å². The van der Waals surface area contributed by atoms with Crippen LogP contribution in [0, 0.1) is 17.6 Å². The van der Waals surface area contributed by atoms with E-state index in [-0.39, 0.29) is 23.3 Å². The number of piperidine rings is 1. The number of nitrogens with one attached hydrogen (secondary N) is 1. The quantitative estimate of drug-likeness (QED) is 0.321. The summed E-state index contributed by atoms with van der Waals surface area (Å²) in [5.74, 6) is -2.04. The number of rotatable bonds is 6. The fourth-order valence-electron chi connectivity index (χ4n) is 7.26. The summed E-state index contributed by atoms with van der Waals surface area (Å²) in [6.45, 7) is 3.97. The molecule has 47 heavy (non-hydrogen) atoms. The van der Waals surface area contributed by atoms with Gasteiger partial charge in [-0.25, -0.2) is 8.78 Å². The monoisotopic (exact) mass is 639 g/mol. The number of piperazine rings is 1. The van der Waals surface area contributed by atoms with Crippen LogP contribution in [0.15, 0.2) is 83.7 Å². The third kappa shape index (κ3) is 5.82. The Morgan fingerprint density at radius 1 is 0.809 bits per heavy atom. The van der Waals surface area contributed by atoms with E-state index in [9.17, 15) is 23.2 Å². The molecule has 3 aliphatic heterocycles. The molecule has 0 saturated carbocycles. The molecule has 4 aromatic rings. The number of halogens is 2. The minimum atomic E-state index is -0.973. The fraction of sp³-hybridized carbons (Fsp3) is 0.306. The van der Waals surface area contributed by atoms with Crippen molar-refractivity contribution in [2.24, 2.45) is 5.92 Å². The van der Waals surface area contributed by atoms with Crippen LogP contribution in [-0.4, -0.2) is 67.7 Å². The summed E-state index contributed by atoms with van der Waals surface area (Å²) in [6.07, 6.45) is 0.930. The predicted octanol–water partition coefficient (Wildman–Crippen LogP) is 4.97. The van der Waals surface area contributed by atoms with Crippen LogP contribution in [0.1, 0.15) is 38.7 Å². The third-order valence-electron chi connectivity index (χ3n) is 9.49. The second kappa shape index (κ2) is 12.5. The molecular formula is C36H35F2N5O4. The SMILES string of the molecule is COc1ccccc1N1CCN(C(=O)c2ccc(N3C[C@H]4C[C@@H](C3)c3cccc(=O)n3C4)c(NC(=O)c3c(F)cccc3F)c2)CC1. The number of pyridine rings is 1. The van der Waals surface area contributed by atoms with Crippen LogP contribution in [0.2, 0.25) is 0 Å². The molecule has 1 aromatic heterocycles. The second-order valence-corrected chi connectivity index (χ2v) is 12.3. The Morgan fingerprint density at radius 2 is 1.55 bits per heavy atom. The highest BCUT2D eigenvalue weighted by Crippen LogP contribution is 2.40. The molecule has 1 N–H and O–H groups in total. The molecule has 2 bridgehead atoms. The van der Waals surface area contributed by atoms with Gasteiger partial charge in [-0.15, -0.1) is 0 Å². The van der Waals surface area contributed by atoms with Crippen molar-refractivity contribution in [1.82, 2.24) is 9.47 Å². The van der Waals surface area contributed by atoms with Gasteiger partial charge in [-0.05, 0) is 60.9 Å². The largest absolute Gasteiger partial charge is 0.495 e. The zero-order valence-corrected chi connectivity index (χ0v) is 26.0. The van der Waals surface area contributed by atoms with Gasteiger partial charge in [0.15, 0.2) is 0 Å². The lowest BCUT2D eigenvalue weighted by atomic mass is 9.83. The number of carbonyl (C=O) groups is 2. The molecule has 7 rings (SSSR count). The Balaban J connectivity index is 1.17. The van der Waals surface area contributed by atoms with E-state index >= 15 is 0 Å². The van der Waals surface area contributed by atoms with Gasteiger partial charge in [0.2, 0.25) is 0 Å². The number of hydrogen-bond donors (Lipinski definition) is 1. The summed E-state index contributed by atoms with van der Waals surface area (Å²) in [5.41, 5.74) is 2.53. The standard InChI is InChI=1S/C36H35F2N5O4/c1-47-32-10-3-2-8-31(32)40-14-16-41(17-15-40)36(46)24-12-13-30(28(19-24)39-35(45)34-26(37)6-4-7-27(34)38)42-20-23-18-25(22-42)29-9-5-11-33(44)43(29)21-23/h2-13,19,23,25H,14-18,20-22H2,1H3,(H,39,45)/t23-,25+/m1/s1. The van der Waals surface area contributed by atoms with Crippen molar-refractivity contribution >= 4 is 28.9 Å². The van der Waals surface area contributed by atoms with Gasteiger partial charge in [-0.3, -0.25) is 14.4 Å². The zero-order chi connectivity index (χ0) is 32.7. The minimum absolute atomic E-state index is 0.0166. The molecule has 0 spiro atoms. The van der Waals surface area contributed by atoms with Gasteiger partial charge in [0.25, 0.3) is 17.4 Å². The molecule has 9 nitrogen and oxygen atoms in total. The average Bonchev–Trinajstić information content (AvgIpc) is 3.08. The number of carbonyl (C=O) groups excluding carboxylic acids is 2. The number of benzene rings is 3. The molecule has 0 unspecified atom stereocenters. The Kier molecular flexibility index (Phi) is 8.13. The van der Waals surface area contributed by atoms with E-state index in [2.05, 4.69) is 15.1 Å². The Labute approximate surface area is 271 Å². The van der Waals surface area contributed by atoms with Gasteiger partial charge < -0.3 is 29.3 Å². The van der Waals surface area contributed by atoms with Crippen LogP contribution in [0.3, 0.4) is 0 Å². The van der Waals surface area contributed by atoms with E-state index in [0.717, 1.165) is 35.7 Å². The fourth-order valence-corrected chi connectivity index (χ4v) is 7.26. The van der Waals surface area contributed by atoms with Crippen molar-refractivity contribution in [2.45, 2.75) is 18.9 Å². The molecule has 3 aliphatic rings. The second-order valence-electron chi connectivity index (χ2n) is 12.3. The minimum Gasteiger partial charge on any atom is -0.495 e. The summed E-state index contributed by atoms with van der Waals surface area (Å²) in [6, 6.07) is 21.5. The highest BCUT2D eigenvalue weighted by atomic mass is 19.1. The molecule has 0 radical (unpaired) electrons. The number of nitrogens with zero attached hydrogens (tertiary/aromatic N) is 4. The summed E-state index contributed by atoms with van der Waals surface area (Å²) < 4.78 is 36.6. The molecule has 2 fully saturated rings. The van der Waals surface area contributed by atoms with Crippen molar-refractivity contribution in [3.05, 3.63) is 118 Å². The lowest BCUT2D eigenvalue weighted by molar-refractivity contribution is 0.0746. The lowest BCUT2D eigenvalue weighted by Crippen LogP contribution is -2.49. The summed E-state index contributed by atoms with van der Waals surface area (Å²) in [4.78, 5) is 45.8. The first-order chi connectivity index (χ1) is 22.8. The smallest absolute Gasteiger partial charge is 0.261 e. The van der Waals surface area contributed by atoms with Crippen LogP contribution in [0.4, 0.5) is 25.8 Å². The number of para-hydroxylation sites is 2. The first kappa shape index (κ1) is 30.5. The van der Waals surface area contributed by atoms with E-state index in [1.165, 1.54) is 6.07 Å². The van der Waals surface area contributed by atoms with Crippen LogP contribution < -0.4 is 25.4 Å². The number of amides is 2. The van der Waals surface area contributed by atoms with Crippen molar-refractivity contribution in [1.29, 1.82) is 0 Å². The highest BCUT2D eigenvalue weighted by molar-refractivity contribution is 6.07. The van der Waals surface area contributed by atoms with E-state index < -0.39 is 23.1 Å². The number of aromatic nitrogens is 1. The summed E-state index contributed by atoms with van der Waals surface area (Å²) in [7, 11) is 1.63. The molecular weight excluding hydrogens is 604 g/mol. The number of methoxy groups -OCH3 is 1. The first-order valence-electron chi connectivity index (χ1n) is 15.8.